The van der Waals surface area contributed by atoms with E-state index in [9.17, 15) is 13.6 Å². The topological polar surface area (TPSA) is 26.3 Å². The van der Waals surface area contributed by atoms with Crippen molar-refractivity contribution in [2.75, 3.05) is 0 Å². The largest absolute Gasteiger partial charge is 0.423 e. The van der Waals surface area contributed by atoms with Gasteiger partial charge in [-0.1, -0.05) is 38.0 Å². The minimum absolute atomic E-state index is 0.303. The predicted octanol–water partition coefficient (Wildman–Crippen LogP) is 7.41. The summed E-state index contributed by atoms with van der Waals surface area (Å²) in [4.78, 5) is 12.5. The van der Waals surface area contributed by atoms with Crippen LogP contribution in [0.5, 0.6) is 5.75 Å². The highest BCUT2D eigenvalue weighted by Crippen LogP contribution is 2.37. The summed E-state index contributed by atoms with van der Waals surface area (Å²) >= 11 is 0. The maximum Gasteiger partial charge on any atom is 0.343 e. The number of rotatable bonds is 5. The Balaban J connectivity index is 1.42. The second kappa shape index (κ2) is 8.95. The van der Waals surface area contributed by atoms with E-state index >= 15 is 0 Å². The molecular weight excluding hydrogens is 382 g/mol. The molecule has 30 heavy (non-hydrogen) atoms. The summed E-state index contributed by atoms with van der Waals surface area (Å²) < 4.78 is 32.3. The van der Waals surface area contributed by atoms with Crippen molar-refractivity contribution >= 4 is 16.7 Å². The Morgan fingerprint density at radius 1 is 0.900 bits per heavy atom. The van der Waals surface area contributed by atoms with E-state index < -0.39 is 17.6 Å². The Bertz CT molecular complexity index is 1030. The van der Waals surface area contributed by atoms with Crippen molar-refractivity contribution in [3.63, 3.8) is 0 Å². The van der Waals surface area contributed by atoms with Gasteiger partial charge in [0.15, 0.2) is 11.6 Å². The van der Waals surface area contributed by atoms with Crippen LogP contribution in [0.3, 0.4) is 0 Å². The summed E-state index contributed by atoms with van der Waals surface area (Å²) in [6.45, 7) is 2.25. The van der Waals surface area contributed by atoms with Gasteiger partial charge in [-0.2, -0.15) is 0 Å². The van der Waals surface area contributed by atoms with Crippen molar-refractivity contribution in [2.45, 2.75) is 51.4 Å². The maximum absolute atomic E-state index is 13.5. The average Bonchev–Trinajstić information content (AvgIpc) is 2.76. The van der Waals surface area contributed by atoms with Gasteiger partial charge in [0.25, 0.3) is 0 Å². The number of fused-ring (bicyclic) bond motifs is 1. The van der Waals surface area contributed by atoms with Crippen LogP contribution in [0.25, 0.3) is 10.8 Å². The third kappa shape index (κ3) is 4.53. The van der Waals surface area contributed by atoms with Crippen molar-refractivity contribution < 1.29 is 18.3 Å². The molecule has 1 saturated carbocycles. The third-order valence-electron chi connectivity index (χ3n) is 6.22. The standard InChI is InChI=1S/C26H26F2O2/c1-2-3-17-4-6-18(7-5-17)19-8-10-20(11-9-19)26(29)30-23-13-12-21-15-24(27)25(28)16-22(21)14-23/h8-18H,2-7H2,1H3. The molecule has 0 saturated heterocycles. The Morgan fingerprint density at radius 2 is 1.57 bits per heavy atom. The molecule has 0 N–H and O–H groups in total. The Hall–Kier alpha value is -2.75. The van der Waals surface area contributed by atoms with Gasteiger partial charge in [-0.15, -0.1) is 0 Å². The van der Waals surface area contributed by atoms with E-state index in [-0.39, 0.29) is 0 Å². The van der Waals surface area contributed by atoms with Gasteiger partial charge in [-0.3, -0.25) is 0 Å². The summed E-state index contributed by atoms with van der Waals surface area (Å²) in [5.74, 6) is -0.546. The fourth-order valence-corrected chi connectivity index (χ4v) is 4.53. The van der Waals surface area contributed by atoms with Crippen molar-refractivity contribution in [3.05, 3.63) is 77.4 Å². The first-order valence-corrected chi connectivity index (χ1v) is 10.7. The van der Waals surface area contributed by atoms with Crippen LogP contribution in [0.15, 0.2) is 54.6 Å². The molecule has 0 unspecified atom stereocenters. The van der Waals surface area contributed by atoms with Crippen LogP contribution < -0.4 is 4.74 Å². The summed E-state index contributed by atoms with van der Waals surface area (Å²) in [6, 6.07) is 14.6. The van der Waals surface area contributed by atoms with Crippen LogP contribution >= 0.6 is 0 Å². The summed E-state index contributed by atoms with van der Waals surface area (Å²) in [7, 11) is 0. The molecule has 4 rings (SSSR count). The van der Waals surface area contributed by atoms with Gasteiger partial charge in [0, 0.05) is 0 Å². The molecule has 0 bridgehead atoms. The number of benzene rings is 3. The van der Waals surface area contributed by atoms with E-state index in [1.165, 1.54) is 44.1 Å². The number of ether oxygens (including phenoxy) is 1. The number of hydrogen-bond acceptors (Lipinski definition) is 2. The molecule has 2 nitrogen and oxygen atoms in total. The normalized spacial score (nSPS) is 19.0. The molecule has 1 aliphatic carbocycles. The average molecular weight is 408 g/mol. The SMILES string of the molecule is CCCC1CCC(c2ccc(C(=O)Oc3ccc4cc(F)c(F)cc4c3)cc2)CC1. The molecule has 0 amide bonds. The quantitative estimate of drug-likeness (QED) is 0.324. The predicted molar refractivity (Wildman–Crippen MR) is 115 cm³/mol. The van der Waals surface area contributed by atoms with Gasteiger partial charge in [0.1, 0.15) is 5.75 Å². The first kappa shape index (κ1) is 20.5. The molecule has 4 heteroatoms. The zero-order valence-corrected chi connectivity index (χ0v) is 17.2. The first-order chi connectivity index (χ1) is 14.5. The minimum atomic E-state index is -0.926. The molecule has 1 fully saturated rings. The van der Waals surface area contributed by atoms with Crippen LogP contribution in [0, 0.1) is 17.6 Å². The molecule has 3 aromatic rings. The van der Waals surface area contributed by atoms with Crippen LogP contribution in [0.4, 0.5) is 8.78 Å². The molecular formula is C26H26F2O2. The van der Waals surface area contributed by atoms with Crippen molar-refractivity contribution in [2.24, 2.45) is 5.92 Å². The Labute approximate surface area is 175 Å². The molecule has 0 heterocycles. The van der Waals surface area contributed by atoms with Crippen molar-refractivity contribution in [1.29, 1.82) is 0 Å². The third-order valence-corrected chi connectivity index (χ3v) is 6.22. The highest BCUT2D eigenvalue weighted by atomic mass is 19.2. The van der Waals surface area contributed by atoms with E-state index in [1.54, 1.807) is 18.2 Å². The smallest absolute Gasteiger partial charge is 0.343 e. The Morgan fingerprint density at radius 3 is 2.23 bits per heavy atom. The van der Waals surface area contributed by atoms with Gasteiger partial charge < -0.3 is 4.74 Å². The molecule has 3 aromatic carbocycles. The van der Waals surface area contributed by atoms with Crippen LogP contribution in [0.2, 0.25) is 0 Å². The summed E-state index contributed by atoms with van der Waals surface area (Å²) in [5.41, 5.74) is 1.76. The van der Waals surface area contributed by atoms with Crippen LogP contribution in [-0.4, -0.2) is 5.97 Å². The Kier molecular flexibility index (Phi) is 6.12. The zero-order chi connectivity index (χ0) is 21.1. The van der Waals surface area contributed by atoms with Crippen LogP contribution in [0.1, 0.15) is 67.3 Å². The van der Waals surface area contributed by atoms with Gasteiger partial charge in [0.2, 0.25) is 0 Å². The van der Waals surface area contributed by atoms with Gasteiger partial charge >= 0.3 is 5.97 Å². The fourth-order valence-electron chi connectivity index (χ4n) is 4.53. The van der Waals surface area contributed by atoms with Gasteiger partial charge in [-0.05, 0) is 90.3 Å². The van der Waals surface area contributed by atoms with E-state index in [1.807, 2.05) is 24.3 Å². The number of halogens is 2. The second-order valence-corrected chi connectivity index (χ2v) is 8.29. The lowest BCUT2D eigenvalue weighted by molar-refractivity contribution is 0.0735. The number of carbonyl (C=O) groups is 1. The minimum Gasteiger partial charge on any atom is -0.423 e. The molecule has 0 aromatic heterocycles. The summed E-state index contributed by atoms with van der Waals surface area (Å²) in [5, 5.41) is 1.03. The molecule has 1 aliphatic rings. The molecule has 0 spiro atoms. The number of hydrogen-bond donors (Lipinski definition) is 0. The van der Waals surface area contributed by atoms with Crippen molar-refractivity contribution in [1.82, 2.24) is 0 Å². The number of esters is 1. The highest BCUT2D eigenvalue weighted by Gasteiger charge is 2.22. The lowest BCUT2D eigenvalue weighted by Crippen LogP contribution is -2.13. The van der Waals surface area contributed by atoms with Gasteiger partial charge in [0.05, 0.1) is 5.56 Å². The fraction of sp³-hybridized carbons (Fsp3) is 0.346. The van der Waals surface area contributed by atoms with E-state index in [4.69, 9.17) is 4.74 Å². The lowest BCUT2D eigenvalue weighted by atomic mass is 9.77. The molecule has 0 atom stereocenters. The molecule has 0 radical (unpaired) electrons. The number of carbonyl (C=O) groups excluding carboxylic acids is 1. The first-order valence-electron chi connectivity index (χ1n) is 10.7. The van der Waals surface area contributed by atoms with E-state index in [2.05, 4.69) is 6.92 Å². The highest BCUT2D eigenvalue weighted by molar-refractivity contribution is 5.92. The molecule has 0 aliphatic heterocycles. The van der Waals surface area contributed by atoms with E-state index in [0.29, 0.717) is 28.0 Å². The second-order valence-electron chi connectivity index (χ2n) is 8.29. The van der Waals surface area contributed by atoms with Crippen LogP contribution in [-0.2, 0) is 0 Å². The van der Waals surface area contributed by atoms with Crippen molar-refractivity contribution in [3.8, 4) is 5.75 Å². The maximum atomic E-state index is 13.5. The molecule has 156 valence electrons. The lowest BCUT2D eigenvalue weighted by Gasteiger charge is -2.28. The van der Waals surface area contributed by atoms with Gasteiger partial charge in [-0.25, -0.2) is 13.6 Å². The summed E-state index contributed by atoms with van der Waals surface area (Å²) in [6.07, 6.45) is 7.58. The zero-order valence-electron chi connectivity index (χ0n) is 17.2. The van der Waals surface area contributed by atoms with E-state index in [0.717, 1.165) is 18.1 Å². The monoisotopic (exact) mass is 408 g/mol.